The van der Waals surface area contributed by atoms with Crippen LogP contribution in [0.3, 0.4) is 0 Å². The number of benzene rings is 1. The number of aromatic nitrogens is 1. The number of fused-ring (bicyclic) bond motifs is 1. The van der Waals surface area contributed by atoms with Crippen LogP contribution < -0.4 is 9.47 Å². The summed E-state index contributed by atoms with van der Waals surface area (Å²) in [5, 5.41) is 11.1. The molecule has 0 spiro atoms. The summed E-state index contributed by atoms with van der Waals surface area (Å²) in [4.78, 5) is 22.3. The molecule has 0 unspecified atom stereocenters. The monoisotopic (exact) mass is 366 g/mol. The number of esters is 1. The van der Waals surface area contributed by atoms with Gasteiger partial charge in [0.25, 0.3) is 5.69 Å². The maximum Gasteiger partial charge on any atom is 0.355 e. The van der Waals surface area contributed by atoms with Crippen LogP contribution in [-0.4, -0.2) is 28.7 Å². The van der Waals surface area contributed by atoms with E-state index in [1.807, 2.05) is 0 Å². The average Bonchev–Trinajstić information content (AvgIpc) is 2.80. The molecule has 0 fully saturated rings. The Labute approximate surface area is 148 Å². The van der Waals surface area contributed by atoms with Crippen molar-refractivity contribution in [3.8, 4) is 11.5 Å². The number of hydrogen-bond acceptors (Lipinski definition) is 6. The molecule has 0 bridgehead atoms. The van der Waals surface area contributed by atoms with E-state index in [0.717, 1.165) is 6.42 Å². The number of carbonyl (C=O) groups excluding carboxylic acids is 1. The van der Waals surface area contributed by atoms with Gasteiger partial charge in [0.1, 0.15) is 12.3 Å². The van der Waals surface area contributed by atoms with Gasteiger partial charge in [0.2, 0.25) is 0 Å². The summed E-state index contributed by atoms with van der Waals surface area (Å²) >= 11 is 6.19. The maximum absolute atomic E-state index is 12.1. The molecule has 0 radical (unpaired) electrons. The molecule has 9 heteroatoms. The fourth-order valence-electron chi connectivity index (χ4n) is 2.44. The fourth-order valence-corrected chi connectivity index (χ4v) is 2.73. The van der Waals surface area contributed by atoms with Crippen molar-refractivity contribution < 1.29 is 23.9 Å². The lowest BCUT2D eigenvalue weighted by atomic mass is 10.2. The van der Waals surface area contributed by atoms with Crippen molar-refractivity contribution in [3.05, 3.63) is 50.8 Å². The normalized spacial score (nSPS) is 13.2. The van der Waals surface area contributed by atoms with Gasteiger partial charge in [-0.2, -0.15) is 0 Å². The standard InChI is InChI=1S/C16H15ClN2O6/c1-18-8-11(19(21)22)7-13(18)16(20)25-9-10-5-12(17)15-14(6-10)23-3-2-4-24-15/h5-8H,2-4,9H2,1H3. The van der Waals surface area contributed by atoms with Crippen molar-refractivity contribution in [2.24, 2.45) is 7.05 Å². The van der Waals surface area contributed by atoms with Crippen LogP contribution >= 0.6 is 11.6 Å². The van der Waals surface area contributed by atoms with Crippen LogP contribution in [0.4, 0.5) is 5.69 Å². The van der Waals surface area contributed by atoms with Crippen molar-refractivity contribution in [1.29, 1.82) is 0 Å². The second-order valence-electron chi connectivity index (χ2n) is 5.48. The maximum atomic E-state index is 12.1. The highest BCUT2D eigenvalue weighted by Crippen LogP contribution is 2.38. The second-order valence-corrected chi connectivity index (χ2v) is 5.89. The minimum atomic E-state index is -0.668. The van der Waals surface area contributed by atoms with E-state index in [4.69, 9.17) is 25.8 Å². The van der Waals surface area contributed by atoms with E-state index in [2.05, 4.69) is 0 Å². The smallest absolute Gasteiger partial charge is 0.355 e. The first kappa shape index (κ1) is 17.1. The van der Waals surface area contributed by atoms with Crippen molar-refractivity contribution >= 4 is 23.3 Å². The minimum absolute atomic E-state index is 0.0474. The number of nitro groups is 1. The average molecular weight is 367 g/mol. The highest BCUT2D eigenvalue weighted by Gasteiger charge is 2.20. The molecule has 1 aliphatic heterocycles. The lowest BCUT2D eigenvalue weighted by Crippen LogP contribution is -2.09. The first-order chi connectivity index (χ1) is 12.0. The third-order valence-corrected chi connectivity index (χ3v) is 3.92. The number of nitrogens with zero attached hydrogens (tertiary/aromatic N) is 2. The number of ether oxygens (including phenoxy) is 3. The zero-order valence-electron chi connectivity index (χ0n) is 13.4. The van der Waals surface area contributed by atoms with Gasteiger partial charge in [0, 0.05) is 19.5 Å². The number of aryl methyl sites for hydroxylation is 1. The molecule has 0 N–H and O–H groups in total. The Morgan fingerprint density at radius 2 is 2.12 bits per heavy atom. The van der Waals surface area contributed by atoms with Crippen LogP contribution in [0.2, 0.25) is 5.02 Å². The first-order valence-electron chi connectivity index (χ1n) is 7.51. The van der Waals surface area contributed by atoms with Gasteiger partial charge < -0.3 is 18.8 Å². The number of hydrogen-bond donors (Lipinski definition) is 0. The molecule has 1 aliphatic rings. The second kappa shape index (κ2) is 7.02. The van der Waals surface area contributed by atoms with Gasteiger partial charge in [0.15, 0.2) is 11.5 Å². The molecule has 132 valence electrons. The van der Waals surface area contributed by atoms with Crippen LogP contribution in [0.5, 0.6) is 11.5 Å². The summed E-state index contributed by atoms with van der Waals surface area (Å²) in [7, 11) is 1.54. The van der Waals surface area contributed by atoms with Crippen molar-refractivity contribution in [2.75, 3.05) is 13.2 Å². The van der Waals surface area contributed by atoms with Crippen LogP contribution in [0, 0.1) is 10.1 Å². The Bertz CT molecular complexity index is 832. The summed E-state index contributed by atoms with van der Waals surface area (Å²) < 4.78 is 17.7. The topological polar surface area (TPSA) is 92.8 Å². The van der Waals surface area contributed by atoms with Gasteiger partial charge in [-0.15, -0.1) is 0 Å². The Balaban J connectivity index is 1.73. The van der Waals surface area contributed by atoms with Crippen LogP contribution in [0.25, 0.3) is 0 Å². The third kappa shape index (κ3) is 3.69. The van der Waals surface area contributed by atoms with E-state index < -0.39 is 10.9 Å². The summed E-state index contributed by atoms with van der Waals surface area (Å²) in [6, 6.07) is 4.51. The van der Waals surface area contributed by atoms with Gasteiger partial charge >= 0.3 is 5.97 Å². The first-order valence-corrected chi connectivity index (χ1v) is 7.89. The molecule has 2 aromatic rings. The van der Waals surface area contributed by atoms with Gasteiger partial charge in [-0.25, -0.2) is 4.79 Å². The molecule has 8 nitrogen and oxygen atoms in total. The van der Waals surface area contributed by atoms with E-state index in [1.54, 1.807) is 12.1 Å². The van der Waals surface area contributed by atoms with Crippen molar-refractivity contribution in [3.63, 3.8) is 0 Å². The Kier molecular flexibility index (Phi) is 4.80. The summed E-state index contributed by atoms with van der Waals surface area (Å²) in [5.41, 5.74) is 0.548. The quantitative estimate of drug-likeness (QED) is 0.469. The highest BCUT2D eigenvalue weighted by atomic mass is 35.5. The molecule has 0 atom stereocenters. The molecule has 0 saturated carbocycles. The molecular weight excluding hydrogens is 352 g/mol. The van der Waals surface area contributed by atoms with E-state index >= 15 is 0 Å². The third-order valence-electron chi connectivity index (χ3n) is 3.64. The lowest BCUT2D eigenvalue weighted by Gasteiger charge is -2.12. The fraction of sp³-hybridized carbons (Fsp3) is 0.312. The minimum Gasteiger partial charge on any atom is -0.489 e. The van der Waals surface area contributed by atoms with Crippen molar-refractivity contribution in [1.82, 2.24) is 4.57 Å². The van der Waals surface area contributed by atoms with E-state index in [0.29, 0.717) is 35.3 Å². The van der Waals surface area contributed by atoms with Gasteiger partial charge in [-0.05, 0) is 17.7 Å². The molecule has 0 aliphatic carbocycles. The zero-order chi connectivity index (χ0) is 18.0. The summed E-state index contributed by atoms with van der Waals surface area (Å²) in [6.07, 6.45) is 2.00. The Morgan fingerprint density at radius 1 is 1.36 bits per heavy atom. The largest absolute Gasteiger partial charge is 0.489 e. The lowest BCUT2D eigenvalue weighted by molar-refractivity contribution is -0.384. The SMILES string of the molecule is Cn1cc([N+](=O)[O-])cc1C(=O)OCc1cc(Cl)c2c(c1)OCCCO2. The van der Waals surface area contributed by atoms with Crippen LogP contribution in [-0.2, 0) is 18.4 Å². The molecule has 25 heavy (non-hydrogen) atoms. The van der Waals surface area contributed by atoms with E-state index in [9.17, 15) is 14.9 Å². The molecular formula is C16H15ClN2O6. The molecule has 3 rings (SSSR count). The van der Waals surface area contributed by atoms with Crippen molar-refractivity contribution in [2.45, 2.75) is 13.0 Å². The van der Waals surface area contributed by atoms with Gasteiger partial charge in [-0.1, -0.05) is 11.6 Å². The Morgan fingerprint density at radius 3 is 2.84 bits per heavy atom. The summed E-state index contributed by atoms with van der Waals surface area (Å²) in [5.74, 6) is 0.316. The zero-order valence-corrected chi connectivity index (χ0v) is 14.1. The number of halogens is 1. The van der Waals surface area contributed by atoms with E-state index in [-0.39, 0.29) is 18.0 Å². The predicted octanol–water partition coefficient (Wildman–Crippen LogP) is 3.11. The van der Waals surface area contributed by atoms with Crippen LogP contribution in [0.15, 0.2) is 24.4 Å². The Hall–Kier alpha value is -2.74. The number of carbonyl (C=O) groups is 1. The van der Waals surface area contributed by atoms with Gasteiger partial charge in [0.05, 0.1) is 29.4 Å². The molecule has 1 aromatic heterocycles. The predicted molar refractivity (Wildman–Crippen MR) is 88.2 cm³/mol. The van der Waals surface area contributed by atoms with E-state index in [1.165, 1.54) is 23.9 Å². The summed E-state index contributed by atoms with van der Waals surface area (Å²) in [6.45, 7) is 0.987. The molecule has 0 saturated heterocycles. The number of rotatable bonds is 4. The highest BCUT2D eigenvalue weighted by molar-refractivity contribution is 6.32. The van der Waals surface area contributed by atoms with Crippen LogP contribution in [0.1, 0.15) is 22.5 Å². The molecule has 1 aromatic carbocycles. The molecule has 2 heterocycles. The van der Waals surface area contributed by atoms with Gasteiger partial charge in [-0.3, -0.25) is 10.1 Å². The molecule has 0 amide bonds.